The lowest BCUT2D eigenvalue weighted by Crippen LogP contribution is -2.49. The van der Waals surface area contributed by atoms with Crippen LogP contribution in [0.5, 0.6) is 0 Å². The van der Waals surface area contributed by atoms with Crippen molar-refractivity contribution in [3.05, 3.63) is 24.0 Å². The highest BCUT2D eigenvalue weighted by molar-refractivity contribution is 6.06. The number of nitrogens with zero attached hydrogens (tertiary/aromatic N) is 2. The Balaban J connectivity index is 2.00. The van der Waals surface area contributed by atoms with Crippen molar-refractivity contribution in [1.82, 2.24) is 15.3 Å². The van der Waals surface area contributed by atoms with Gasteiger partial charge in [0.2, 0.25) is 5.91 Å². The molecule has 0 bridgehead atoms. The minimum atomic E-state index is -0.383. The Morgan fingerprint density at radius 2 is 2.26 bits per heavy atom. The van der Waals surface area contributed by atoms with Gasteiger partial charge in [0, 0.05) is 24.5 Å². The van der Waals surface area contributed by atoms with Gasteiger partial charge in [-0.15, -0.1) is 0 Å². The van der Waals surface area contributed by atoms with Gasteiger partial charge in [-0.1, -0.05) is 6.92 Å². The Bertz CT molecular complexity index is 662. The first kappa shape index (κ1) is 11.7. The van der Waals surface area contributed by atoms with E-state index in [0.29, 0.717) is 18.7 Å². The van der Waals surface area contributed by atoms with E-state index in [2.05, 4.69) is 22.2 Å². The molecule has 1 saturated heterocycles. The number of imide groups is 1. The number of anilines is 1. The molecule has 6 nitrogen and oxygen atoms in total. The zero-order chi connectivity index (χ0) is 13.4. The molecule has 1 aliphatic heterocycles. The normalized spacial score (nSPS) is 15.9. The van der Waals surface area contributed by atoms with E-state index in [1.807, 2.05) is 12.3 Å². The number of nitrogens with one attached hydrogen (secondary N) is 2. The summed E-state index contributed by atoms with van der Waals surface area (Å²) in [7, 11) is 0. The molecule has 2 aromatic rings. The van der Waals surface area contributed by atoms with Crippen LogP contribution in [0, 0.1) is 0 Å². The third-order valence-electron chi connectivity index (χ3n) is 3.35. The van der Waals surface area contributed by atoms with Crippen molar-refractivity contribution in [2.45, 2.75) is 19.8 Å². The number of hydrogen-bond acceptors (Lipinski definition) is 3. The number of carbonyl (C=O) groups is 2. The fourth-order valence-corrected chi connectivity index (χ4v) is 2.30. The molecule has 3 amide bonds. The largest absolute Gasteiger partial charge is 0.346 e. The summed E-state index contributed by atoms with van der Waals surface area (Å²) in [5.74, 6) is -0.230. The third-order valence-corrected chi connectivity index (χ3v) is 3.35. The second-order valence-electron chi connectivity index (χ2n) is 4.51. The van der Waals surface area contributed by atoms with Gasteiger partial charge in [0.1, 0.15) is 5.65 Å². The van der Waals surface area contributed by atoms with Gasteiger partial charge in [0.15, 0.2) is 0 Å². The van der Waals surface area contributed by atoms with Crippen molar-refractivity contribution in [3.63, 3.8) is 0 Å². The molecule has 3 rings (SSSR count). The maximum atomic E-state index is 11.8. The summed E-state index contributed by atoms with van der Waals surface area (Å²) in [5, 5.41) is 3.33. The van der Waals surface area contributed by atoms with Crippen molar-refractivity contribution in [2.75, 3.05) is 11.4 Å². The van der Waals surface area contributed by atoms with Crippen molar-refractivity contribution in [2.24, 2.45) is 0 Å². The topological polar surface area (TPSA) is 78.1 Å². The van der Waals surface area contributed by atoms with Gasteiger partial charge in [-0.25, -0.2) is 9.78 Å². The molecule has 0 saturated carbocycles. The Kier molecular flexibility index (Phi) is 2.70. The van der Waals surface area contributed by atoms with Crippen LogP contribution in [0.3, 0.4) is 0 Å². The Labute approximate surface area is 109 Å². The van der Waals surface area contributed by atoms with Crippen LogP contribution in [0.25, 0.3) is 11.0 Å². The Morgan fingerprint density at radius 1 is 1.42 bits per heavy atom. The highest BCUT2D eigenvalue weighted by atomic mass is 16.2. The number of urea groups is 1. The molecule has 2 N–H and O–H groups in total. The molecule has 6 heteroatoms. The maximum absolute atomic E-state index is 11.8. The average molecular weight is 258 g/mol. The number of pyridine rings is 1. The van der Waals surface area contributed by atoms with E-state index in [4.69, 9.17) is 0 Å². The molecule has 0 spiro atoms. The first-order valence-corrected chi connectivity index (χ1v) is 6.26. The van der Waals surface area contributed by atoms with Crippen LogP contribution in [0.2, 0.25) is 0 Å². The lowest BCUT2D eigenvalue weighted by Gasteiger charge is -2.26. The van der Waals surface area contributed by atoms with Crippen molar-refractivity contribution >= 4 is 28.7 Å². The Hall–Kier alpha value is -2.37. The molecule has 0 atom stereocenters. The standard InChI is InChI=1S/C13H14N4O2/c1-2-8-6-14-12-10(8)5-9(7-15-12)17-4-3-11(18)16-13(17)19/h5-7H,2-4H2,1H3,(H,14,15)(H,16,18,19). The molecule has 0 radical (unpaired) electrons. The molecule has 0 aliphatic carbocycles. The predicted molar refractivity (Wildman–Crippen MR) is 71.0 cm³/mol. The fourth-order valence-electron chi connectivity index (χ4n) is 2.30. The van der Waals surface area contributed by atoms with Gasteiger partial charge in [-0.05, 0) is 18.1 Å². The van der Waals surface area contributed by atoms with Gasteiger partial charge in [0.25, 0.3) is 0 Å². The van der Waals surface area contributed by atoms with Gasteiger partial charge in [0.05, 0.1) is 11.9 Å². The number of rotatable bonds is 2. The second-order valence-corrected chi connectivity index (χ2v) is 4.51. The van der Waals surface area contributed by atoms with Gasteiger partial charge >= 0.3 is 6.03 Å². The number of amides is 3. The smallest absolute Gasteiger partial charge is 0.328 e. The molecule has 3 heterocycles. The molecular weight excluding hydrogens is 244 g/mol. The molecule has 0 aromatic carbocycles. The summed E-state index contributed by atoms with van der Waals surface area (Å²) >= 11 is 0. The van der Waals surface area contributed by atoms with Crippen LogP contribution < -0.4 is 10.2 Å². The molecule has 19 heavy (non-hydrogen) atoms. The van der Waals surface area contributed by atoms with Crippen molar-refractivity contribution < 1.29 is 9.59 Å². The van der Waals surface area contributed by atoms with E-state index in [-0.39, 0.29) is 11.9 Å². The summed E-state index contributed by atoms with van der Waals surface area (Å²) in [6.07, 6.45) is 4.79. The molecule has 1 fully saturated rings. The molecule has 98 valence electrons. The van der Waals surface area contributed by atoms with Crippen LogP contribution in [-0.2, 0) is 11.2 Å². The molecular formula is C13H14N4O2. The SMILES string of the molecule is CCc1c[nH]c2ncc(N3CCC(=O)NC3=O)cc12. The number of aryl methyl sites for hydroxylation is 1. The zero-order valence-corrected chi connectivity index (χ0v) is 10.6. The monoisotopic (exact) mass is 258 g/mol. The van der Waals surface area contributed by atoms with E-state index in [1.54, 1.807) is 11.1 Å². The number of carbonyl (C=O) groups excluding carboxylic acids is 2. The summed E-state index contributed by atoms with van der Waals surface area (Å²) in [6, 6.07) is 1.55. The average Bonchev–Trinajstić information content (AvgIpc) is 2.80. The van der Waals surface area contributed by atoms with Gasteiger partial charge in [-0.2, -0.15) is 0 Å². The molecule has 0 unspecified atom stereocenters. The van der Waals surface area contributed by atoms with E-state index in [1.165, 1.54) is 0 Å². The highest BCUT2D eigenvalue weighted by Gasteiger charge is 2.24. The third kappa shape index (κ3) is 1.95. The summed E-state index contributed by atoms with van der Waals surface area (Å²) < 4.78 is 0. The van der Waals surface area contributed by atoms with Crippen LogP contribution in [0.1, 0.15) is 18.9 Å². The number of fused-ring (bicyclic) bond motifs is 1. The van der Waals surface area contributed by atoms with Crippen LogP contribution in [-0.4, -0.2) is 28.5 Å². The van der Waals surface area contributed by atoms with Crippen molar-refractivity contribution in [3.8, 4) is 0 Å². The van der Waals surface area contributed by atoms with E-state index < -0.39 is 0 Å². The van der Waals surface area contributed by atoms with E-state index in [9.17, 15) is 9.59 Å². The predicted octanol–water partition coefficient (Wildman–Crippen LogP) is 1.57. The summed E-state index contributed by atoms with van der Waals surface area (Å²) in [4.78, 5) is 31.9. The summed E-state index contributed by atoms with van der Waals surface area (Å²) in [5.41, 5.74) is 2.69. The van der Waals surface area contributed by atoms with Crippen LogP contribution in [0.15, 0.2) is 18.5 Å². The molecule has 2 aromatic heterocycles. The first-order valence-electron chi connectivity index (χ1n) is 6.26. The van der Waals surface area contributed by atoms with Gasteiger partial charge in [-0.3, -0.25) is 15.0 Å². The van der Waals surface area contributed by atoms with Crippen molar-refractivity contribution in [1.29, 1.82) is 0 Å². The number of aromatic nitrogens is 2. The maximum Gasteiger partial charge on any atom is 0.328 e. The number of H-pyrrole nitrogens is 1. The number of aromatic amines is 1. The zero-order valence-electron chi connectivity index (χ0n) is 10.6. The first-order chi connectivity index (χ1) is 9.19. The Morgan fingerprint density at radius 3 is 3.00 bits per heavy atom. The van der Waals surface area contributed by atoms with Gasteiger partial charge < -0.3 is 4.98 Å². The quantitative estimate of drug-likeness (QED) is 0.858. The molecule has 1 aliphatic rings. The van der Waals surface area contributed by atoms with E-state index >= 15 is 0 Å². The van der Waals surface area contributed by atoms with E-state index in [0.717, 1.165) is 23.0 Å². The minimum Gasteiger partial charge on any atom is -0.346 e. The lowest BCUT2D eigenvalue weighted by molar-refractivity contribution is -0.120. The van der Waals surface area contributed by atoms with Crippen LogP contribution >= 0.6 is 0 Å². The fraction of sp³-hybridized carbons (Fsp3) is 0.308. The minimum absolute atomic E-state index is 0.230. The second kappa shape index (κ2) is 4.38. The lowest BCUT2D eigenvalue weighted by atomic mass is 10.1. The number of hydrogen-bond donors (Lipinski definition) is 2. The summed E-state index contributed by atoms with van der Waals surface area (Å²) in [6.45, 7) is 2.46. The van der Waals surface area contributed by atoms with Crippen LogP contribution in [0.4, 0.5) is 10.5 Å². The highest BCUT2D eigenvalue weighted by Crippen LogP contribution is 2.24.